The van der Waals surface area contributed by atoms with Gasteiger partial charge < -0.3 is 4.74 Å². The lowest BCUT2D eigenvalue weighted by Gasteiger charge is -2.33. The fourth-order valence-corrected chi connectivity index (χ4v) is 1.97. The van der Waals surface area contributed by atoms with E-state index in [4.69, 9.17) is 0 Å². The minimum atomic E-state index is -0.186. The van der Waals surface area contributed by atoms with E-state index in [2.05, 4.69) is 23.3 Å². The molecule has 80 valence electrons. The van der Waals surface area contributed by atoms with E-state index in [1.54, 1.807) is 0 Å². The number of likely N-dealkylation sites (tertiary alicyclic amines) is 1. The lowest BCUT2D eigenvalue weighted by molar-refractivity contribution is -0.139. The van der Waals surface area contributed by atoms with Crippen LogP contribution in [0, 0.1) is 0 Å². The van der Waals surface area contributed by atoms with Crippen LogP contribution < -0.4 is 0 Å². The molecule has 1 saturated heterocycles. The van der Waals surface area contributed by atoms with E-state index in [1.807, 2.05) is 0 Å². The predicted molar refractivity (Wildman–Crippen MR) is 56.0 cm³/mol. The molecule has 0 amide bonds. The molecule has 0 aromatic heterocycles. The number of methoxy groups -OCH3 is 1. The predicted octanol–water partition coefficient (Wildman–Crippen LogP) is 1.59. The first-order valence-electron chi connectivity index (χ1n) is 5.10. The van der Waals surface area contributed by atoms with Crippen molar-refractivity contribution in [3.63, 3.8) is 0 Å². The van der Waals surface area contributed by atoms with E-state index in [1.165, 1.54) is 20.0 Å². The van der Waals surface area contributed by atoms with Crippen LogP contribution in [0.5, 0.6) is 0 Å². The van der Waals surface area contributed by atoms with Gasteiger partial charge in [0, 0.05) is 6.04 Å². The Labute approximate surface area is 85.7 Å². The van der Waals surface area contributed by atoms with Crippen LogP contribution in [-0.2, 0) is 9.53 Å². The van der Waals surface area contributed by atoms with Gasteiger partial charge in [-0.2, -0.15) is 0 Å². The van der Waals surface area contributed by atoms with Gasteiger partial charge in [0.15, 0.2) is 0 Å². The average molecular weight is 197 g/mol. The molecule has 1 aliphatic rings. The molecule has 0 spiro atoms. The van der Waals surface area contributed by atoms with Crippen molar-refractivity contribution in [1.29, 1.82) is 0 Å². The Hall–Kier alpha value is -0.830. The fourth-order valence-electron chi connectivity index (χ4n) is 1.97. The summed E-state index contributed by atoms with van der Waals surface area (Å²) in [5.41, 5.74) is 0.985. The molecular formula is C11H19NO2. The van der Waals surface area contributed by atoms with Gasteiger partial charge in [-0.05, 0) is 32.0 Å². The number of ether oxygens (including phenoxy) is 1. The molecule has 14 heavy (non-hydrogen) atoms. The van der Waals surface area contributed by atoms with Crippen LogP contribution in [0.2, 0.25) is 0 Å². The Morgan fingerprint density at radius 1 is 1.57 bits per heavy atom. The molecule has 0 bridgehead atoms. The lowest BCUT2D eigenvalue weighted by atomic mass is 9.95. The minimum absolute atomic E-state index is 0.186. The van der Waals surface area contributed by atoms with Gasteiger partial charge in [0.25, 0.3) is 0 Å². The molecule has 1 atom stereocenters. The number of hydrogen-bond acceptors (Lipinski definition) is 3. The first kappa shape index (κ1) is 11.2. The summed E-state index contributed by atoms with van der Waals surface area (Å²) in [6, 6.07) is 0.364. The van der Waals surface area contributed by atoms with E-state index in [9.17, 15) is 4.79 Å². The molecule has 1 rings (SSSR count). The van der Waals surface area contributed by atoms with Crippen molar-refractivity contribution in [2.45, 2.75) is 31.7 Å². The van der Waals surface area contributed by atoms with Gasteiger partial charge >= 0.3 is 5.97 Å². The van der Waals surface area contributed by atoms with Crippen LogP contribution in [0.4, 0.5) is 0 Å². The van der Waals surface area contributed by atoms with Crippen molar-refractivity contribution in [3.05, 3.63) is 12.2 Å². The van der Waals surface area contributed by atoms with Crippen LogP contribution >= 0.6 is 0 Å². The highest BCUT2D eigenvalue weighted by Crippen LogP contribution is 2.22. The smallest absolute Gasteiger partial charge is 0.309 e. The molecule has 1 unspecified atom stereocenters. The minimum Gasteiger partial charge on any atom is -0.469 e. The van der Waals surface area contributed by atoms with Crippen molar-refractivity contribution in [2.75, 3.05) is 20.7 Å². The summed E-state index contributed by atoms with van der Waals surface area (Å²) in [4.78, 5) is 13.3. The van der Waals surface area contributed by atoms with Crippen LogP contribution in [-0.4, -0.2) is 37.6 Å². The number of nitrogens with zero attached hydrogens (tertiary/aromatic N) is 1. The SMILES string of the molecule is C=C(CC(=O)OC)C1CCCCN1C. The molecule has 0 N–H and O–H groups in total. The Bertz CT molecular complexity index is 225. The zero-order valence-electron chi connectivity index (χ0n) is 9.08. The molecule has 0 saturated carbocycles. The van der Waals surface area contributed by atoms with Crippen molar-refractivity contribution in [1.82, 2.24) is 4.90 Å². The summed E-state index contributed by atoms with van der Waals surface area (Å²) < 4.78 is 4.63. The first-order valence-corrected chi connectivity index (χ1v) is 5.10. The van der Waals surface area contributed by atoms with Crippen LogP contribution in [0.25, 0.3) is 0 Å². The maximum Gasteiger partial charge on any atom is 0.309 e. The third-order valence-corrected chi connectivity index (χ3v) is 2.84. The number of likely N-dealkylation sites (N-methyl/N-ethyl adjacent to an activating group) is 1. The highest BCUT2D eigenvalue weighted by atomic mass is 16.5. The summed E-state index contributed by atoms with van der Waals surface area (Å²) in [7, 11) is 3.51. The molecule has 0 aromatic carbocycles. The van der Waals surface area contributed by atoms with Gasteiger partial charge in [-0.1, -0.05) is 13.0 Å². The maximum absolute atomic E-state index is 11.1. The number of hydrogen-bond donors (Lipinski definition) is 0. The molecule has 3 heteroatoms. The zero-order chi connectivity index (χ0) is 10.6. The molecule has 1 aliphatic heterocycles. The fraction of sp³-hybridized carbons (Fsp3) is 0.727. The molecule has 0 aromatic rings. The summed E-state index contributed by atoms with van der Waals surface area (Å²) in [5.74, 6) is -0.186. The Kier molecular flexibility index (Phi) is 4.14. The van der Waals surface area contributed by atoms with Gasteiger partial charge in [-0.15, -0.1) is 0 Å². The third kappa shape index (κ3) is 2.84. The van der Waals surface area contributed by atoms with Crippen molar-refractivity contribution in [3.8, 4) is 0 Å². The van der Waals surface area contributed by atoms with Crippen LogP contribution in [0.1, 0.15) is 25.7 Å². The number of carbonyl (C=O) groups excluding carboxylic acids is 1. The third-order valence-electron chi connectivity index (χ3n) is 2.84. The van der Waals surface area contributed by atoms with Crippen LogP contribution in [0.3, 0.4) is 0 Å². The van der Waals surface area contributed by atoms with Gasteiger partial charge in [0.05, 0.1) is 13.5 Å². The van der Waals surface area contributed by atoms with Gasteiger partial charge in [-0.25, -0.2) is 0 Å². The van der Waals surface area contributed by atoms with Crippen molar-refractivity contribution < 1.29 is 9.53 Å². The van der Waals surface area contributed by atoms with E-state index in [0.717, 1.165) is 18.5 Å². The van der Waals surface area contributed by atoms with Crippen molar-refractivity contribution >= 4 is 5.97 Å². The second-order valence-electron chi connectivity index (χ2n) is 3.90. The highest BCUT2D eigenvalue weighted by Gasteiger charge is 2.22. The second-order valence-corrected chi connectivity index (χ2v) is 3.90. The monoisotopic (exact) mass is 197 g/mol. The Morgan fingerprint density at radius 2 is 2.29 bits per heavy atom. The summed E-state index contributed by atoms with van der Waals surface area (Å²) in [6.45, 7) is 5.08. The molecule has 0 radical (unpaired) electrons. The number of esters is 1. The van der Waals surface area contributed by atoms with Gasteiger partial charge in [-0.3, -0.25) is 9.69 Å². The number of rotatable bonds is 3. The summed E-state index contributed by atoms with van der Waals surface area (Å²) in [6.07, 6.45) is 3.95. The quantitative estimate of drug-likeness (QED) is 0.508. The molecule has 0 aliphatic carbocycles. The first-order chi connectivity index (χ1) is 6.65. The molecular weight excluding hydrogens is 178 g/mol. The summed E-state index contributed by atoms with van der Waals surface area (Å²) in [5, 5.41) is 0. The Morgan fingerprint density at radius 3 is 2.86 bits per heavy atom. The number of carbonyl (C=O) groups is 1. The van der Waals surface area contributed by atoms with Crippen molar-refractivity contribution in [2.24, 2.45) is 0 Å². The molecule has 1 heterocycles. The molecule has 3 nitrogen and oxygen atoms in total. The Balaban J connectivity index is 2.46. The van der Waals surface area contributed by atoms with E-state index in [-0.39, 0.29) is 5.97 Å². The van der Waals surface area contributed by atoms with E-state index < -0.39 is 0 Å². The number of piperidine rings is 1. The normalized spacial score (nSPS) is 23.1. The average Bonchev–Trinajstić information content (AvgIpc) is 2.18. The van der Waals surface area contributed by atoms with Gasteiger partial charge in [0.2, 0.25) is 0 Å². The zero-order valence-corrected chi connectivity index (χ0v) is 9.08. The largest absolute Gasteiger partial charge is 0.469 e. The molecule has 1 fully saturated rings. The van der Waals surface area contributed by atoms with Crippen LogP contribution in [0.15, 0.2) is 12.2 Å². The standard InChI is InChI=1S/C11H19NO2/c1-9(8-11(13)14-3)10-6-4-5-7-12(10)2/h10H,1,4-8H2,2-3H3. The van der Waals surface area contributed by atoms with E-state index >= 15 is 0 Å². The topological polar surface area (TPSA) is 29.5 Å². The second kappa shape index (κ2) is 5.15. The van der Waals surface area contributed by atoms with E-state index in [0.29, 0.717) is 12.5 Å². The maximum atomic E-state index is 11.1. The summed E-state index contributed by atoms with van der Waals surface area (Å²) >= 11 is 0. The lowest BCUT2D eigenvalue weighted by Crippen LogP contribution is -2.37. The highest BCUT2D eigenvalue weighted by molar-refractivity contribution is 5.72. The van der Waals surface area contributed by atoms with Gasteiger partial charge in [0.1, 0.15) is 0 Å².